The normalized spacial score (nSPS) is 13.0. The van der Waals surface area contributed by atoms with Crippen LogP contribution in [0.2, 0.25) is 0 Å². The van der Waals surface area contributed by atoms with Crippen LogP contribution in [0.1, 0.15) is 43.9 Å². The molecule has 0 bridgehead atoms. The molecule has 2 amide bonds. The predicted octanol–water partition coefficient (Wildman–Crippen LogP) is 3.41. The third-order valence-electron chi connectivity index (χ3n) is 5.83. The highest BCUT2D eigenvalue weighted by atomic mass is 32.2. The monoisotopic (exact) mass is 503 g/mol. The van der Waals surface area contributed by atoms with E-state index in [1.165, 1.54) is 4.90 Å². The summed E-state index contributed by atoms with van der Waals surface area (Å²) in [4.78, 5) is 28.0. The van der Waals surface area contributed by atoms with Crippen molar-refractivity contribution in [2.45, 2.75) is 59.7 Å². The second kappa shape index (κ2) is 12.1. The van der Waals surface area contributed by atoms with Crippen molar-refractivity contribution in [2.75, 3.05) is 24.2 Å². The number of aryl methyl sites for hydroxylation is 2. The van der Waals surface area contributed by atoms with Crippen LogP contribution < -0.4 is 14.4 Å². The van der Waals surface area contributed by atoms with Gasteiger partial charge in [-0.1, -0.05) is 25.1 Å². The van der Waals surface area contributed by atoms with Crippen molar-refractivity contribution in [1.82, 2.24) is 10.2 Å². The third-order valence-corrected chi connectivity index (χ3v) is 6.97. The molecule has 8 nitrogen and oxygen atoms in total. The van der Waals surface area contributed by atoms with Gasteiger partial charge in [-0.3, -0.25) is 13.9 Å². The Bertz CT molecular complexity index is 1130. The van der Waals surface area contributed by atoms with Gasteiger partial charge in [-0.2, -0.15) is 0 Å². The molecular formula is C26H37N3O5S. The van der Waals surface area contributed by atoms with Crippen LogP contribution in [-0.4, -0.2) is 57.1 Å². The predicted molar refractivity (Wildman–Crippen MR) is 139 cm³/mol. The molecule has 35 heavy (non-hydrogen) atoms. The number of nitrogens with one attached hydrogen (secondary N) is 1. The fourth-order valence-electron chi connectivity index (χ4n) is 3.72. The molecule has 9 heteroatoms. The lowest BCUT2D eigenvalue weighted by Crippen LogP contribution is -2.52. The Kier molecular flexibility index (Phi) is 9.71. The number of anilines is 1. The van der Waals surface area contributed by atoms with Gasteiger partial charge in [-0.05, 0) is 75.1 Å². The lowest BCUT2D eigenvalue weighted by atomic mass is 10.1. The summed E-state index contributed by atoms with van der Waals surface area (Å²) in [5, 5.41) is 2.91. The van der Waals surface area contributed by atoms with E-state index in [0.717, 1.165) is 33.7 Å². The van der Waals surface area contributed by atoms with E-state index in [4.69, 9.17) is 4.74 Å². The number of hydrogen-bond acceptors (Lipinski definition) is 5. The highest BCUT2D eigenvalue weighted by Gasteiger charge is 2.30. The lowest BCUT2D eigenvalue weighted by Gasteiger charge is -2.32. The number of carbonyl (C=O) groups is 2. The van der Waals surface area contributed by atoms with Crippen molar-refractivity contribution in [1.29, 1.82) is 0 Å². The van der Waals surface area contributed by atoms with Gasteiger partial charge < -0.3 is 15.0 Å². The zero-order valence-corrected chi connectivity index (χ0v) is 22.5. The minimum Gasteiger partial charge on any atom is -0.497 e. The lowest BCUT2D eigenvalue weighted by molar-refractivity contribution is -0.139. The summed E-state index contributed by atoms with van der Waals surface area (Å²) >= 11 is 0. The molecule has 0 aliphatic heterocycles. The first-order valence-corrected chi connectivity index (χ1v) is 13.5. The first kappa shape index (κ1) is 28.2. The zero-order chi connectivity index (χ0) is 26.3. The molecule has 2 rings (SSSR count). The van der Waals surface area contributed by atoms with E-state index in [9.17, 15) is 18.0 Å². The Balaban J connectivity index is 2.43. The van der Waals surface area contributed by atoms with E-state index < -0.39 is 28.5 Å². The zero-order valence-electron chi connectivity index (χ0n) is 21.7. The molecule has 0 aliphatic carbocycles. The second-order valence-electron chi connectivity index (χ2n) is 8.98. The van der Waals surface area contributed by atoms with Gasteiger partial charge in [0.15, 0.2) is 0 Å². The van der Waals surface area contributed by atoms with Crippen LogP contribution in [0, 0.1) is 13.8 Å². The third kappa shape index (κ3) is 7.99. The number of ether oxygens (including phenoxy) is 1. The first-order valence-electron chi connectivity index (χ1n) is 11.6. The molecule has 0 aliphatic rings. The molecular weight excluding hydrogens is 466 g/mol. The molecule has 0 radical (unpaired) electrons. The molecule has 2 aromatic rings. The number of sulfonamides is 1. The minimum atomic E-state index is -3.77. The number of amides is 2. The van der Waals surface area contributed by atoms with E-state index in [-0.39, 0.29) is 18.5 Å². The first-order chi connectivity index (χ1) is 16.3. The minimum absolute atomic E-state index is 0.0542. The highest BCUT2D eigenvalue weighted by molar-refractivity contribution is 7.92. The SMILES string of the molecule is CC[C@@H](C)NC(=O)[C@@H](C)N(Cc1cccc(OC)c1)C(=O)CN(c1cc(C)cc(C)c1)S(C)(=O)=O. The average Bonchev–Trinajstić information content (AvgIpc) is 2.78. The van der Waals surface area contributed by atoms with Crippen molar-refractivity contribution in [3.8, 4) is 5.75 Å². The van der Waals surface area contributed by atoms with Gasteiger partial charge in [0.2, 0.25) is 21.8 Å². The van der Waals surface area contributed by atoms with Gasteiger partial charge in [0.25, 0.3) is 0 Å². The van der Waals surface area contributed by atoms with Crippen LogP contribution in [0.3, 0.4) is 0 Å². The Hall–Kier alpha value is -3.07. The number of benzene rings is 2. The summed E-state index contributed by atoms with van der Waals surface area (Å²) in [6.45, 7) is 8.94. The van der Waals surface area contributed by atoms with E-state index in [0.29, 0.717) is 11.4 Å². The molecule has 0 heterocycles. The van der Waals surface area contributed by atoms with Crippen molar-refractivity contribution >= 4 is 27.5 Å². The Morgan fingerprint density at radius 2 is 1.69 bits per heavy atom. The van der Waals surface area contributed by atoms with Crippen LogP contribution in [0.25, 0.3) is 0 Å². The highest BCUT2D eigenvalue weighted by Crippen LogP contribution is 2.23. The second-order valence-corrected chi connectivity index (χ2v) is 10.9. The van der Waals surface area contributed by atoms with Crippen LogP contribution in [-0.2, 0) is 26.2 Å². The molecule has 0 saturated carbocycles. The molecule has 2 aromatic carbocycles. The summed E-state index contributed by atoms with van der Waals surface area (Å²) < 4.78 is 31.8. The summed E-state index contributed by atoms with van der Waals surface area (Å²) in [6, 6.07) is 11.7. The molecule has 0 spiro atoms. The number of methoxy groups -OCH3 is 1. The average molecular weight is 504 g/mol. The number of rotatable bonds is 11. The van der Waals surface area contributed by atoms with Gasteiger partial charge in [0.05, 0.1) is 19.1 Å². The topological polar surface area (TPSA) is 96.0 Å². The van der Waals surface area contributed by atoms with E-state index in [1.807, 2.05) is 39.8 Å². The van der Waals surface area contributed by atoms with Crippen molar-refractivity contribution in [3.63, 3.8) is 0 Å². The van der Waals surface area contributed by atoms with Gasteiger partial charge in [-0.25, -0.2) is 8.42 Å². The van der Waals surface area contributed by atoms with E-state index >= 15 is 0 Å². The van der Waals surface area contributed by atoms with Crippen molar-refractivity contribution in [3.05, 3.63) is 59.2 Å². The quantitative estimate of drug-likeness (QED) is 0.507. The van der Waals surface area contributed by atoms with Crippen molar-refractivity contribution in [2.24, 2.45) is 0 Å². The molecule has 0 unspecified atom stereocenters. The maximum Gasteiger partial charge on any atom is 0.244 e. The molecule has 0 saturated heterocycles. The molecule has 0 fully saturated rings. The fourth-order valence-corrected chi connectivity index (χ4v) is 4.56. The molecule has 1 N–H and O–H groups in total. The van der Waals surface area contributed by atoms with Crippen LogP contribution >= 0.6 is 0 Å². The van der Waals surface area contributed by atoms with Crippen LogP contribution in [0.5, 0.6) is 5.75 Å². The molecule has 192 valence electrons. The fraction of sp³-hybridized carbons (Fsp3) is 0.462. The van der Waals surface area contributed by atoms with Crippen LogP contribution in [0.4, 0.5) is 5.69 Å². The number of hydrogen-bond donors (Lipinski definition) is 1. The van der Waals surface area contributed by atoms with Gasteiger partial charge in [0.1, 0.15) is 18.3 Å². The Labute approximate surface area is 209 Å². The van der Waals surface area contributed by atoms with Crippen LogP contribution in [0.15, 0.2) is 42.5 Å². The molecule has 2 atom stereocenters. The summed E-state index contributed by atoms with van der Waals surface area (Å²) in [5.41, 5.74) is 2.95. The Morgan fingerprint density at radius 3 is 2.23 bits per heavy atom. The van der Waals surface area contributed by atoms with Gasteiger partial charge >= 0.3 is 0 Å². The maximum absolute atomic E-state index is 13.6. The summed E-state index contributed by atoms with van der Waals surface area (Å²) in [6.07, 6.45) is 1.82. The standard InChI is InChI=1S/C26H37N3O5S/c1-8-20(4)27-26(31)21(5)28(16-22-10-9-11-24(15-22)34-6)25(30)17-29(35(7,32)33)23-13-18(2)12-19(3)14-23/h9-15,20-21H,8,16-17H2,1-7H3,(H,27,31)/t20-,21-/m1/s1. The largest absolute Gasteiger partial charge is 0.497 e. The van der Waals surface area contributed by atoms with Crippen molar-refractivity contribution < 1.29 is 22.7 Å². The van der Waals surface area contributed by atoms with E-state index in [1.54, 1.807) is 44.4 Å². The van der Waals surface area contributed by atoms with Gasteiger partial charge in [-0.15, -0.1) is 0 Å². The van der Waals surface area contributed by atoms with E-state index in [2.05, 4.69) is 5.32 Å². The maximum atomic E-state index is 13.6. The smallest absolute Gasteiger partial charge is 0.244 e. The number of nitrogens with zero attached hydrogens (tertiary/aromatic N) is 2. The number of carbonyl (C=O) groups excluding carboxylic acids is 2. The molecule has 0 aromatic heterocycles. The van der Waals surface area contributed by atoms with Gasteiger partial charge in [0, 0.05) is 12.6 Å². The summed E-state index contributed by atoms with van der Waals surface area (Å²) in [7, 11) is -2.21. The summed E-state index contributed by atoms with van der Waals surface area (Å²) in [5.74, 6) is -0.156. The Morgan fingerprint density at radius 1 is 1.06 bits per heavy atom.